The van der Waals surface area contributed by atoms with Crippen molar-refractivity contribution in [1.29, 1.82) is 0 Å². The number of para-hydroxylation sites is 1. The molecule has 0 saturated heterocycles. The fourth-order valence-corrected chi connectivity index (χ4v) is 2.02. The van der Waals surface area contributed by atoms with E-state index in [1.807, 2.05) is 30.3 Å². The molecule has 0 spiro atoms. The second-order valence-corrected chi connectivity index (χ2v) is 3.97. The molecule has 0 saturated carbocycles. The summed E-state index contributed by atoms with van der Waals surface area (Å²) >= 11 is 0. The van der Waals surface area contributed by atoms with Crippen molar-refractivity contribution in [2.24, 2.45) is 0 Å². The quantitative estimate of drug-likeness (QED) is 0.826. The lowest BCUT2D eigenvalue weighted by Gasteiger charge is -2.14. The van der Waals surface area contributed by atoms with E-state index in [9.17, 15) is 9.90 Å². The minimum absolute atomic E-state index is 0.207. The fourth-order valence-electron chi connectivity index (χ4n) is 2.02. The van der Waals surface area contributed by atoms with Crippen molar-refractivity contribution < 1.29 is 14.6 Å². The van der Waals surface area contributed by atoms with Gasteiger partial charge in [-0.2, -0.15) is 0 Å². The van der Waals surface area contributed by atoms with E-state index in [1.165, 1.54) is 0 Å². The molecule has 2 aromatic rings. The number of ether oxygens (including phenoxy) is 1. The first-order valence-corrected chi connectivity index (χ1v) is 5.59. The fraction of sp³-hybridized carbons (Fsp3) is 0.133. The summed E-state index contributed by atoms with van der Waals surface area (Å²) in [5.74, 6) is -0.444. The zero-order chi connectivity index (χ0) is 13.1. The maximum absolute atomic E-state index is 11.0. The Morgan fingerprint density at radius 2 is 1.72 bits per heavy atom. The van der Waals surface area contributed by atoms with Gasteiger partial charge in [0.1, 0.15) is 5.75 Å². The normalized spacial score (nSPS) is 10.1. The Balaban J connectivity index is 2.64. The molecule has 0 unspecified atom stereocenters. The molecule has 2 aromatic carbocycles. The monoisotopic (exact) mass is 241 g/mol. The summed E-state index contributed by atoms with van der Waals surface area (Å²) in [5, 5.41) is 11.0. The van der Waals surface area contributed by atoms with Gasteiger partial charge in [0.05, 0.1) is 13.1 Å². The summed E-state index contributed by atoms with van der Waals surface area (Å²) in [5.41, 5.74) is 2.61. The number of rotatable bonds is 3. The van der Waals surface area contributed by atoms with Crippen molar-refractivity contribution in [1.82, 2.24) is 0 Å². The van der Waals surface area contributed by atoms with Crippen molar-refractivity contribution in [3.8, 4) is 16.9 Å². The number of carboxylic acid groups (broad SMARTS) is 1. The number of carboxylic acids is 1. The van der Waals surface area contributed by atoms with E-state index < -0.39 is 5.97 Å². The van der Waals surface area contributed by atoms with Crippen LogP contribution in [0.25, 0.3) is 11.1 Å². The van der Waals surface area contributed by atoms with Crippen LogP contribution in [0.4, 0.5) is 0 Å². The molecule has 2 rings (SSSR count). The van der Waals surface area contributed by atoms with Crippen LogP contribution in [0.2, 0.25) is 0 Å². The Morgan fingerprint density at radius 3 is 2.39 bits per heavy atom. The lowest BCUT2D eigenvalue weighted by Crippen LogP contribution is -2.23. The number of carbonyl (C=O) groups excluding carboxylic acids is 1. The Bertz CT molecular complexity index is 588. The van der Waals surface area contributed by atoms with Crippen LogP contribution in [-0.4, -0.2) is 13.1 Å². The van der Waals surface area contributed by atoms with E-state index >= 15 is 0 Å². The minimum Gasteiger partial charge on any atom is -0.545 e. The van der Waals surface area contributed by atoms with Crippen LogP contribution in [0.15, 0.2) is 42.5 Å². The summed E-state index contributed by atoms with van der Waals surface area (Å²) in [6.07, 6.45) is 0. The van der Waals surface area contributed by atoms with Crippen molar-refractivity contribution in [3.05, 3.63) is 53.6 Å². The lowest BCUT2D eigenvalue weighted by molar-refractivity contribution is -0.255. The first-order valence-electron chi connectivity index (χ1n) is 5.59. The van der Waals surface area contributed by atoms with Gasteiger partial charge in [0.15, 0.2) is 0 Å². The van der Waals surface area contributed by atoms with Gasteiger partial charge in [0.2, 0.25) is 0 Å². The molecule has 0 aliphatic heterocycles. The van der Waals surface area contributed by atoms with Crippen LogP contribution in [-0.2, 0) is 0 Å². The molecular weight excluding hydrogens is 228 g/mol. The van der Waals surface area contributed by atoms with Crippen molar-refractivity contribution >= 4 is 5.97 Å². The highest BCUT2D eigenvalue weighted by Gasteiger charge is 2.10. The third kappa shape index (κ3) is 2.07. The van der Waals surface area contributed by atoms with Crippen molar-refractivity contribution in [2.45, 2.75) is 6.92 Å². The maximum Gasteiger partial charge on any atom is 0.126 e. The van der Waals surface area contributed by atoms with Gasteiger partial charge in [0, 0.05) is 11.1 Å². The second kappa shape index (κ2) is 4.92. The van der Waals surface area contributed by atoms with Crippen LogP contribution in [0.5, 0.6) is 5.75 Å². The van der Waals surface area contributed by atoms with Crippen molar-refractivity contribution in [2.75, 3.05) is 7.11 Å². The molecule has 18 heavy (non-hydrogen) atoms. The van der Waals surface area contributed by atoms with Gasteiger partial charge in [-0.15, -0.1) is 0 Å². The molecule has 0 aliphatic carbocycles. The number of carbonyl (C=O) groups is 1. The molecule has 0 aromatic heterocycles. The summed E-state index contributed by atoms with van der Waals surface area (Å²) in [4.78, 5) is 11.0. The highest BCUT2D eigenvalue weighted by molar-refractivity contribution is 5.91. The molecule has 0 amide bonds. The van der Waals surface area contributed by atoms with E-state index in [2.05, 4.69) is 0 Å². The molecule has 0 N–H and O–H groups in total. The summed E-state index contributed by atoms with van der Waals surface area (Å²) < 4.78 is 5.29. The Morgan fingerprint density at radius 1 is 1.06 bits per heavy atom. The van der Waals surface area contributed by atoms with Gasteiger partial charge in [-0.25, -0.2) is 0 Å². The standard InChI is InChI=1S/C15H14O3/c1-10-11(7-5-8-12(10)15(16)17)13-6-3-4-9-14(13)18-2/h3-9H,1-2H3,(H,16,17)/p-1. The lowest BCUT2D eigenvalue weighted by atomic mass is 9.96. The van der Waals surface area contributed by atoms with Crippen LogP contribution in [0.3, 0.4) is 0 Å². The van der Waals surface area contributed by atoms with Crippen LogP contribution < -0.4 is 9.84 Å². The van der Waals surface area contributed by atoms with E-state index in [-0.39, 0.29) is 5.56 Å². The molecule has 0 heterocycles. The van der Waals surface area contributed by atoms with Crippen LogP contribution in [0, 0.1) is 6.92 Å². The summed E-state index contributed by atoms with van der Waals surface area (Å²) in [6, 6.07) is 12.6. The molecule has 3 nitrogen and oxygen atoms in total. The van der Waals surface area contributed by atoms with Crippen molar-refractivity contribution in [3.63, 3.8) is 0 Å². The highest BCUT2D eigenvalue weighted by Crippen LogP contribution is 2.32. The average Bonchev–Trinajstić information content (AvgIpc) is 2.38. The Labute approximate surface area is 106 Å². The van der Waals surface area contributed by atoms with E-state index in [4.69, 9.17) is 4.74 Å². The van der Waals surface area contributed by atoms with Gasteiger partial charge in [-0.05, 0) is 24.1 Å². The van der Waals surface area contributed by atoms with E-state index in [1.54, 1.807) is 26.2 Å². The number of benzene rings is 2. The van der Waals surface area contributed by atoms with Gasteiger partial charge < -0.3 is 14.6 Å². The average molecular weight is 241 g/mol. The predicted octanol–water partition coefficient (Wildman–Crippen LogP) is 2.03. The topological polar surface area (TPSA) is 49.4 Å². The smallest absolute Gasteiger partial charge is 0.126 e. The molecule has 92 valence electrons. The van der Waals surface area contributed by atoms with Gasteiger partial charge >= 0.3 is 0 Å². The summed E-state index contributed by atoms with van der Waals surface area (Å²) in [7, 11) is 1.59. The predicted molar refractivity (Wildman–Crippen MR) is 67.5 cm³/mol. The number of hydrogen-bond donors (Lipinski definition) is 0. The summed E-state index contributed by atoms with van der Waals surface area (Å²) in [6.45, 7) is 1.77. The maximum atomic E-state index is 11.0. The number of methoxy groups -OCH3 is 1. The van der Waals surface area contributed by atoms with E-state index in [0.717, 1.165) is 16.9 Å². The third-order valence-electron chi connectivity index (χ3n) is 2.95. The molecular formula is C15H13O3-. The zero-order valence-electron chi connectivity index (χ0n) is 10.3. The molecule has 0 atom stereocenters. The Hall–Kier alpha value is -2.29. The zero-order valence-corrected chi connectivity index (χ0v) is 10.3. The van der Waals surface area contributed by atoms with Gasteiger partial charge in [0.25, 0.3) is 0 Å². The van der Waals surface area contributed by atoms with Gasteiger partial charge in [-0.3, -0.25) is 0 Å². The molecule has 0 radical (unpaired) electrons. The first-order chi connectivity index (χ1) is 8.65. The Kier molecular flexibility index (Phi) is 3.33. The first kappa shape index (κ1) is 12.2. The minimum atomic E-state index is -1.16. The largest absolute Gasteiger partial charge is 0.545 e. The SMILES string of the molecule is COc1ccccc1-c1cccc(C(=O)[O-])c1C. The number of aromatic carboxylic acids is 1. The van der Waals surface area contributed by atoms with Crippen LogP contribution >= 0.6 is 0 Å². The molecule has 3 heteroatoms. The van der Waals surface area contributed by atoms with Crippen LogP contribution in [0.1, 0.15) is 15.9 Å². The molecule has 0 bridgehead atoms. The van der Waals surface area contributed by atoms with Gasteiger partial charge in [-0.1, -0.05) is 36.4 Å². The van der Waals surface area contributed by atoms with E-state index in [0.29, 0.717) is 5.56 Å². The second-order valence-electron chi connectivity index (χ2n) is 3.97. The highest BCUT2D eigenvalue weighted by atomic mass is 16.5. The third-order valence-corrected chi connectivity index (χ3v) is 2.95. The molecule has 0 aliphatic rings. The molecule has 0 fully saturated rings. The number of hydrogen-bond acceptors (Lipinski definition) is 3.